The Bertz CT molecular complexity index is 941. The van der Waals surface area contributed by atoms with Crippen LogP contribution in [0.2, 0.25) is 0 Å². The number of hydrogen-bond acceptors (Lipinski definition) is 6. The molecular formula is C17H19IN2O7S. The molecule has 0 atom stereocenters. The third-order valence-corrected chi connectivity index (χ3v) is 5.66. The maximum absolute atomic E-state index is 10.7. The average Bonchev–Trinajstić information content (AvgIpc) is 2.61. The molecule has 9 nitrogen and oxygen atoms in total. The first kappa shape index (κ1) is 23.9. The molecule has 28 heavy (non-hydrogen) atoms. The fraction of sp³-hybridized carbons (Fsp3) is 0.294. The molecule has 0 bridgehead atoms. The van der Waals surface area contributed by atoms with Crippen molar-refractivity contribution in [3.05, 3.63) is 71.8 Å². The first-order chi connectivity index (χ1) is 12.8. The number of hydrogen-bond donors (Lipinski definition) is 1. The van der Waals surface area contributed by atoms with Gasteiger partial charge in [0.05, 0.1) is 15.9 Å². The highest BCUT2D eigenvalue weighted by Crippen LogP contribution is 2.27. The zero-order valence-corrected chi connectivity index (χ0v) is 18.3. The van der Waals surface area contributed by atoms with Crippen LogP contribution in [0.3, 0.4) is 0 Å². The van der Waals surface area contributed by atoms with Crippen molar-refractivity contribution in [2.24, 2.45) is 0 Å². The number of nitro groups is 2. The topological polar surface area (TPSA) is 141 Å². The number of benzene rings is 2. The Hall–Kier alpha value is -2.12. The fourth-order valence-electron chi connectivity index (χ4n) is 2.03. The Morgan fingerprint density at radius 1 is 1.00 bits per heavy atom. The number of rotatable bonds is 5. The van der Waals surface area contributed by atoms with E-state index in [9.17, 15) is 28.6 Å². The van der Waals surface area contributed by atoms with E-state index < -0.39 is 36.2 Å². The van der Waals surface area contributed by atoms with Gasteiger partial charge >= 0.3 is 0 Å². The Morgan fingerprint density at radius 3 is 1.75 bits per heavy atom. The SMILES string of the molecule is CCC(C)(C)c1ccc(I)cc1.O=[N+]([O-])c1cc([N+](=O)[O-])cc(S(=O)(=O)O)c1. The number of nitrogens with zero attached hydrogens (tertiary/aromatic N) is 2. The Balaban J connectivity index is 0.000000292. The van der Waals surface area contributed by atoms with Crippen LogP contribution in [0.1, 0.15) is 32.8 Å². The van der Waals surface area contributed by atoms with Crippen molar-refractivity contribution in [2.45, 2.75) is 37.5 Å². The maximum atomic E-state index is 10.7. The van der Waals surface area contributed by atoms with Crippen molar-refractivity contribution < 1.29 is 22.8 Å². The molecule has 0 saturated carbocycles. The zero-order valence-electron chi connectivity index (χ0n) is 15.3. The molecule has 0 amide bonds. The van der Waals surface area contributed by atoms with Crippen LogP contribution >= 0.6 is 22.6 Å². The minimum atomic E-state index is -4.72. The lowest BCUT2D eigenvalue weighted by atomic mass is 9.82. The van der Waals surface area contributed by atoms with Crippen molar-refractivity contribution in [3.8, 4) is 0 Å². The summed E-state index contributed by atoms with van der Waals surface area (Å²) in [7, 11) is -4.72. The lowest BCUT2D eigenvalue weighted by molar-refractivity contribution is -0.394. The van der Waals surface area contributed by atoms with Crippen LogP contribution in [-0.4, -0.2) is 22.8 Å². The smallest absolute Gasteiger partial charge is 0.282 e. The van der Waals surface area contributed by atoms with Crippen LogP contribution in [0.15, 0.2) is 47.4 Å². The largest absolute Gasteiger partial charge is 0.295 e. The molecule has 2 aromatic carbocycles. The summed E-state index contributed by atoms with van der Waals surface area (Å²) in [6.45, 7) is 6.81. The van der Waals surface area contributed by atoms with Gasteiger partial charge in [0.15, 0.2) is 0 Å². The maximum Gasteiger partial charge on any atom is 0.295 e. The minimum absolute atomic E-state index is 0.324. The van der Waals surface area contributed by atoms with Crippen LogP contribution < -0.4 is 0 Å². The summed E-state index contributed by atoms with van der Waals surface area (Å²) in [6.07, 6.45) is 1.19. The van der Waals surface area contributed by atoms with E-state index in [1.165, 1.54) is 15.6 Å². The van der Waals surface area contributed by atoms with Gasteiger partial charge in [-0.3, -0.25) is 24.8 Å². The first-order valence-electron chi connectivity index (χ1n) is 7.95. The molecule has 0 heterocycles. The molecule has 152 valence electrons. The summed E-state index contributed by atoms with van der Waals surface area (Å²) in [5.41, 5.74) is 0.179. The van der Waals surface area contributed by atoms with Gasteiger partial charge in [-0.25, -0.2) is 0 Å². The van der Waals surface area contributed by atoms with E-state index in [-0.39, 0.29) is 0 Å². The van der Waals surface area contributed by atoms with Crippen LogP contribution in [0.4, 0.5) is 11.4 Å². The van der Waals surface area contributed by atoms with E-state index in [1.54, 1.807) is 0 Å². The van der Waals surface area contributed by atoms with Crippen LogP contribution in [-0.2, 0) is 15.5 Å². The zero-order chi connectivity index (χ0) is 21.7. The second-order valence-corrected chi connectivity index (χ2v) is 9.09. The van der Waals surface area contributed by atoms with Gasteiger partial charge in [0, 0.05) is 15.7 Å². The van der Waals surface area contributed by atoms with Gasteiger partial charge in [-0.1, -0.05) is 32.9 Å². The molecule has 0 unspecified atom stereocenters. The standard InChI is InChI=1S/C11H15I.C6H4N2O7S/c1-4-11(2,3)9-5-7-10(12)8-6-9;9-7(10)4-1-5(8(11)12)3-6(2-4)16(13,14)15/h5-8H,4H2,1-3H3;1-3H,(H,13,14,15). The van der Waals surface area contributed by atoms with Crippen molar-refractivity contribution in [1.82, 2.24) is 0 Å². The molecule has 0 saturated heterocycles. The van der Waals surface area contributed by atoms with E-state index in [0.29, 0.717) is 23.6 Å². The van der Waals surface area contributed by atoms with Gasteiger partial charge in [-0.05, 0) is 52.1 Å². The van der Waals surface area contributed by atoms with E-state index in [4.69, 9.17) is 4.55 Å². The summed E-state index contributed by atoms with van der Waals surface area (Å²) >= 11 is 2.34. The van der Waals surface area contributed by atoms with Gasteiger partial charge < -0.3 is 0 Å². The Morgan fingerprint density at radius 2 is 1.43 bits per heavy atom. The molecule has 0 aliphatic carbocycles. The second kappa shape index (κ2) is 9.39. The van der Waals surface area contributed by atoms with Gasteiger partial charge in [0.1, 0.15) is 4.90 Å². The monoisotopic (exact) mass is 522 g/mol. The van der Waals surface area contributed by atoms with E-state index in [1.807, 2.05) is 0 Å². The van der Waals surface area contributed by atoms with E-state index >= 15 is 0 Å². The fourth-order valence-corrected chi connectivity index (χ4v) is 2.93. The molecule has 0 fully saturated rings. The summed E-state index contributed by atoms with van der Waals surface area (Å²) in [5.74, 6) is 0. The summed E-state index contributed by atoms with van der Waals surface area (Å²) in [4.78, 5) is 17.8. The lowest BCUT2D eigenvalue weighted by Gasteiger charge is -2.23. The molecule has 0 aromatic heterocycles. The van der Waals surface area contributed by atoms with Crippen LogP contribution in [0.5, 0.6) is 0 Å². The number of nitro benzene ring substituents is 2. The molecule has 0 aliphatic rings. The van der Waals surface area contributed by atoms with Gasteiger partial charge in [-0.2, -0.15) is 8.42 Å². The summed E-state index contributed by atoms with van der Waals surface area (Å²) < 4.78 is 31.3. The molecule has 0 spiro atoms. The second-order valence-electron chi connectivity index (χ2n) is 6.42. The van der Waals surface area contributed by atoms with Crippen LogP contribution in [0.25, 0.3) is 0 Å². The minimum Gasteiger partial charge on any atom is -0.282 e. The summed E-state index contributed by atoms with van der Waals surface area (Å²) in [6, 6.07) is 10.5. The number of non-ortho nitro benzene ring substituents is 2. The predicted octanol–water partition coefficient (Wildman–Crippen LogP) is 4.73. The molecule has 1 N–H and O–H groups in total. The molecule has 0 radical (unpaired) electrons. The Labute approximate surface area is 176 Å². The van der Waals surface area contributed by atoms with Gasteiger partial charge in [-0.15, -0.1) is 0 Å². The highest BCUT2D eigenvalue weighted by Gasteiger charge is 2.22. The van der Waals surface area contributed by atoms with Crippen molar-refractivity contribution in [1.29, 1.82) is 0 Å². The molecule has 11 heteroatoms. The lowest BCUT2D eigenvalue weighted by Crippen LogP contribution is -2.14. The van der Waals surface area contributed by atoms with Crippen LogP contribution in [0, 0.1) is 23.8 Å². The highest BCUT2D eigenvalue weighted by molar-refractivity contribution is 14.1. The van der Waals surface area contributed by atoms with Crippen molar-refractivity contribution in [3.63, 3.8) is 0 Å². The quantitative estimate of drug-likeness (QED) is 0.259. The molecule has 0 aliphatic heterocycles. The van der Waals surface area contributed by atoms with Crippen molar-refractivity contribution in [2.75, 3.05) is 0 Å². The third-order valence-electron chi connectivity index (χ3n) is 4.11. The third kappa shape index (κ3) is 6.80. The predicted molar refractivity (Wildman–Crippen MR) is 112 cm³/mol. The molecule has 2 aromatic rings. The molecular weight excluding hydrogens is 503 g/mol. The first-order valence-corrected chi connectivity index (χ1v) is 10.5. The summed E-state index contributed by atoms with van der Waals surface area (Å²) in [5, 5.41) is 20.7. The Kier molecular flexibility index (Phi) is 8.02. The van der Waals surface area contributed by atoms with Crippen molar-refractivity contribution >= 4 is 44.1 Å². The van der Waals surface area contributed by atoms with Gasteiger partial charge in [0.25, 0.3) is 21.5 Å². The van der Waals surface area contributed by atoms with E-state index in [0.717, 1.165) is 0 Å². The van der Waals surface area contributed by atoms with Gasteiger partial charge in [0.2, 0.25) is 0 Å². The highest BCUT2D eigenvalue weighted by atomic mass is 127. The normalized spacial score (nSPS) is 11.3. The molecule has 2 rings (SSSR count). The number of halogens is 1. The average molecular weight is 522 g/mol. The van der Waals surface area contributed by atoms with E-state index in [2.05, 4.69) is 67.6 Å².